The van der Waals surface area contributed by atoms with Crippen LogP contribution in [0.2, 0.25) is 0 Å². The fourth-order valence-corrected chi connectivity index (χ4v) is 3.51. The Bertz CT molecular complexity index is 802. The Balaban J connectivity index is 1.63. The summed E-state index contributed by atoms with van der Waals surface area (Å²) in [6, 6.07) is 17.2. The van der Waals surface area contributed by atoms with Gasteiger partial charge in [-0.15, -0.1) is 11.3 Å². The first-order valence-electron chi connectivity index (χ1n) is 7.37. The van der Waals surface area contributed by atoms with Crippen molar-refractivity contribution in [1.82, 2.24) is 9.88 Å². The maximum atomic E-state index is 10.3. The van der Waals surface area contributed by atoms with Crippen LogP contribution < -0.4 is 0 Å². The number of aliphatic hydroxyl groups is 1. The molecule has 1 unspecified atom stereocenters. The van der Waals surface area contributed by atoms with Crippen molar-refractivity contribution in [2.45, 2.75) is 12.6 Å². The van der Waals surface area contributed by atoms with Crippen LogP contribution in [0.5, 0.6) is 0 Å². The fourth-order valence-electron chi connectivity index (χ4n) is 2.46. The SMILES string of the molecule is CN(Cc1nc2ccccc2s1)CC(O)c1ccc(C#N)cc1. The van der Waals surface area contributed by atoms with Crippen molar-refractivity contribution in [1.29, 1.82) is 5.26 Å². The van der Waals surface area contributed by atoms with Crippen LogP contribution in [0, 0.1) is 11.3 Å². The van der Waals surface area contributed by atoms with Crippen LogP contribution in [-0.4, -0.2) is 28.6 Å². The molecular formula is C18H17N3OS. The van der Waals surface area contributed by atoms with Crippen LogP contribution >= 0.6 is 11.3 Å². The van der Waals surface area contributed by atoms with Crippen LogP contribution in [0.1, 0.15) is 22.2 Å². The van der Waals surface area contributed by atoms with Gasteiger partial charge >= 0.3 is 0 Å². The summed E-state index contributed by atoms with van der Waals surface area (Å²) in [4.78, 5) is 6.67. The van der Waals surface area contributed by atoms with Gasteiger partial charge in [0.05, 0.1) is 34.5 Å². The van der Waals surface area contributed by atoms with E-state index in [1.165, 1.54) is 4.70 Å². The van der Waals surface area contributed by atoms with Gasteiger partial charge in [-0.25, -0.2) is 4.98 Å². The van der Waals surface area contributed by atoms with Crippen LogP contribution in [0.4, 0.5) is 0 Å². The average molecular weight is 323 g/mol. The molecule has 0 bridgehead atoms. The molecule has 0 spiro atoms. The number of nitrogens with zero attached hydrogens (tertiary/aromatic N) is 3. The van der Waals surface area contributed by atoms with E-state index in [4.69, 9.17) is 5.26 Å². The Morgan fingerprint density at radius 3 is 2.65 bits per heavy atom. The number of fused-ring (bicyclic) bond motifs is 1. The number of hydrogen-bond acceptors (Lipinski definition) is 5. The van der Waals surface area contributed by atoms with Crippen molar-refractivity contribution in [3.63, 3.8) is 0 Å². The van der Waals surface area contributed by atoms with Crippen LogP contribution in [-0.2, 0) is 6.54 Å². The third-order valence-corrected chi connectivity index (χ3v) is 4.67. The molecule has 0 aliphatic rings. The summed E-state index contributed by atoms with van der Waals surface area (Å²) in [6.07, 6.45) is -0.581. The number of rotatable bonds is 5. The molecule has 3 rings (SSSR count). The second-order valence-corrected chi connectivity index (χ2v) is 6.64. The molecule has 5 heteroatoms. The second kappa shape index (κ2) is 6.88. The molecule has 23 heavy (non-hydrogen) atoms. The van der Waals surface area contributed by atoms with Crippen molar-refractivity contribution in [3.05, 3.63) is 64.7 Å². The summed E-state index contributed by atoms with van der Waals surface area (Å²) in [5, 5.41) is 20.2. The fraction of sp³-hybridized carbons (Fsp3) is 0.222. The zero-order chi connectivity index (χ0) is 16.2. The molecule has 1 N–H and O–H groups in total. The lowest BCUT2D eigenvalue weighted by Gasteiger charge is -2.19. The number of nitriles is 1. The number of hydrogen-bond donors (Lipinski definition) is 1. The summed E-state index contributed by atoms with van der Waals surface area (Å²) >= 11 is 1.68. The average Bonchev–Trinajstić information content (AvgIpc) is 2.96. The summed E-state index contributed by atoms with van der Waals surface area (Å²) in [5.41, 5.74) is 2.44. The quantitative estimate of drug-likeness (QED) is 0.782. The highest BCUT2D eigenvalue weighted by molar-refractivity contribution is 7.18. The van der Waals surface area contributed by atoms with Gasteiger partial charge in [-0.05, 0) is 36.9 Å². The van der Waals surface area contributed by atoms with E-state index in [2.05, 4.69) is 22.0 Å². The highest BCUT2D eigenvalue weighted by Crippen LogP contribution is 2.23. The Morgan fingerprint density at radius 2 is 1.96 bits per heavy atom. The van der Waals surface area contributed by atoms with E-state index in [9.17, 15) is 5.11 Å². The molecule has 0 aliphatic heterocycles. The van der Waals surface area contributed by atoms with Gasteiger partial charge in [-0.3, -0.25) is 4.90 Å². The van der Waals surface area contributed by atoms with Gasteiger partial charge in [-0.1, -0.05) is 24.3 Å². The number of aliphatic hydroxyl groups excluding tert-OH is 1. The third-order valence-electron chi connectivity index (χ3n) is 3.65. The minimum atomic E-state index is -0.581. The molecule has 0 amide bonds. The largest absolute Gasteiger partial charge is 0.387 e. The normalized spacial score (nSPS) is 12.4. The maximum Gasteiger partial charge on any atom is 0.108 e. The lowest BCUT2D eigenvalue weighted by atomic mass is 10.1. The Kier molecular flexibility index (Phi) is 4.68. The van der Waals surface area contributed by atoms with E-state index < -0.39 is 6.10 Å². The second-order valence-electron chi connectivity index (χ2n) is 5.52. The Hall–Kier alpha value is -2.26. The molecule has 0 aliphatic carbocycles. The summed E-state index contributed by atoms with van der Waals surface area (Å²) in [6.45, 7) is 1.22. The minimum absolute atomic E-state index is 0.516. The highest BCUT2D eigenvalue weighted by Gasteiger charge is 2.13. The molecule has 116 valence electrons. The van der Waals surface area contributed by atoms with Gasteiger partial charge < -0.3 is 5.11 Å². The minimum Gasteiger partial charge on any atom is -0.387 e. The van der Waals surface area contributed by atoms with Crippen molar-refractivity contribution in [2.24, 2.45) is 0 Å². The zero-order valence-electron chi connectivity index (χ0n) is 12.8. The van der Waals surface area contributed by atoms with E-state index in [1.54, 1.807) is 35.6 Å². The van der Waals surface area contributed by atoms with Crippen molar-refractivity contribution >= 4 is 21.6 Å². The third kappa shape index (κ3) is 3.74. The molecule has 2 aromatic carbocycles. The van der Waals surface area contributed by atoms with Gasteiger partial charge in [0, 0.05) is 6.54 Å². The van der Waals surface area contributed by atoms with Crippen molar-refractivity contribution in [2.75, 3.05) is 13.6 Å². The first kappa shape index (κ1) is 15.6. The van der Waals surface area contributed by atoms with Gasteiger partial charge in [-0.2, -0.15) is 5.26 Å². The Labute approximate surface area is 139 Å². The Morgan fingerprint density at radius 1 is 1.22 bits per heavy atom. The predicted molar refractivity (Wildman–Crippen MR) is 92.1 cm³/mol. The number of likely N-dealkylation sites (N-methyl/N-ethyl adjacent to an activating group) is 1. The molecule has 1 atom stereocenters. The van der Waals surface area contributed by atoms with E-state index in [-0.39, 0.29) is 0 Å². The predicted octanol–water partition coefficient (Wildman–Crippen LogP) is 3.33. The van der Waals surface area contributed by atoms with Gasteiger partial charge in [0.25, 0.3) is 0 Å². The van der Waals surface area contributed by atoms with E-state index >= 15 is 0 Å². The highest BCUT2D eigenvalue weighted by atomic mass is 32.1. The topological polar surface area (TPSA) is 60.1 Å². The number of aromatic nitrogens is 1. The molecular weight excluding hydrogens is 306 g/mol. The van der Waals surface area contributed by atoms with Gasteiger partial charge in [0.2, 0.25) is 0 Å². The summed E-state index contributed by atoms with van der Waals surface area (Å²) in [7, 11) is 1.97. The molecule has 1 aromatic heterocycles. The van der Waals surface area contributed by atoms with Crippen molar-refractivity contribution < 1.29 is 5.11 Å². The number of benzene rings is 2. The number of para-hydroxylation sites is 1. The lowest BCUT2D eigenvalue weighted by Crippen LogP contribution is -2.24. The van der Waals surface area contributed by atoms with Crippen LogP contribution in [0.3, 0.4) is 0 Å². The van der Waals surface area contributed by atoms with Crippen LogP contribution in [0.15, 0.2) is 48.5 Å². The van der Waals surface area contributed by atoms with Gasteiger partial charge in [0.15, 0.2) is 0 Å². The monoisotopic (exact) mass is 323 g/mol. The molecule has 4 nitrogen and oxygen atoms in total. The lowest BCUT2D eigenvalue weighted by molar-refractivity contribution is 0.124. The smallest absolute Gasteiger partial charge is 0.108 e. The molecule has 0 fully saturated rings. The number of thiazole rings is 1. The van der Waals surface area contributed by atoms with E-state index in [1.807, 2.05) is 25.2 Å². The molecule has 0 radical (unpaired) electrons. The molecule has 0 saturated carbocycles. The van der Waals surface area contributed by atoms with E-state index in [0.29, 0.717) is 18.7 Å². The maximum absolute atomic E-state index is 10.3. The molecule has 0 saturated heterocycles. The standard InChI is InChI=1S/C18H17N3OS/c1-21(11-16(22)14-8-6-13(10-19)7-9-14)12-18-20-15-4-2-3-5-17(15)23-18/h2-9,16,22H,11-12H2,1H3. The first-order valence-corrected chi connectivity index (χ1v) is 8.18. The first-order chi connectivity index (χ1) is 11.2. The molecule has 1 heterocycles. The zero-order valence-corrected chi connectivity index (χ0v) is 13.6. The summed E-state index contributed by atoms with van der Waals surface area (Å²) < 4.78 is 1.18. The van der Waals surface area contributed by atoms with E-state index in [0.717, 1.165) is 16.1 Å². The summed E-state index contributed by atoms with van der Waals surface area (Å²) in [5.74, 6) is 0. The molecule has 3 aromatic rings. The van der Waals surface area contributed by atoms with Crippen molar-refractivity contribution in [3.8, 4) is 6.07 Å². The van der Waals surface area contributed by atoms with Crippen LogP contribution in [0.25, 0.3) is 10.2 Å². The van der Waals surface area contributed by atoms with Gasteiger partial charge in [0.1, 0.15) is 5.01 Å².